The highest BCUT2D eigenvalue weighted by atomic mass is 16.5. The van der Waals surface area contributed by atoms with Gasteiger partial charge >= 0.3 is 0 Å². The number of hydrogen-bond donors (Lipinski definition) is 1. The third kappa shape index (κ3) is 3.86. The lowest BCUT2D eigenvalue weighted by Gasteiger charge is -2.20. The lowest BCUT2D eigenvalue weighted by molar-refractivity contribution is -0.129. The zero-order chi connectivity index (χ0) is 14.4. The molecule has 1 aromatic carbocycles. The fraction of sp³-hybridized carbons (Fsp3) is 0.500. The Morgan fingerprint density at radius 1 is 1.32 bits per heavy atom. The first kappa shape index (κ1) is 15.3. The highest BCUT2D eigenvalue weighted by Crippen LogP contribution is 2.32. The van der Waals surface area contributed by atoms with Gasteiger partial charge in [0, 0.05) is 32.0 Å². The molecule has 0 saturated carbocycles. The number of nitrogens with zero attached hydrogens (tertiary/aromatic N) is 1. The van der Waals surface area contributed by atoms with E-state index in [0.29, 0.717) is 13.0 Å². The Labute approximate surface area is 114 Å². The molecule has 5 heteroatoms. The van der Waals surface area contributed by atoms with Gasteiger partial charge in [-0.3, -0.25) is 4.79 Å². The van der Waals surface area contributed by atoms with Crippen LogP contribution in [0.2, 0.25) is 0 Å². The van der Waals surface area contributed by atoms with Gasteiger partial charge in [-0.25, -0.2) is 0 Å². The first-order chi connectivity index (χ1) is 9.03. The van der Waals surface area contributed by atoms with Crippen LogP contribution < -0.4 is 15.2 Å². The Hall–Kier alpha value is -1.75. The average molecular weight is 266 g/mol. The van der Waals surface area contributed by atoms with Crippen molar-refractivity contribution in [2.75, 3.05) is 34.9 Å². The molecule has 2 N–H and O–H groups in total. The summed E-state index contributed by atoms with van der Waals surface area (Å²) in [5.41, 5.74) is 6.70. The number of benzene rings is 1. The van der Waals surface area contributed by atoms with Gasteiger partial charge in [0.1, 0.15) is 11.5 Å². The van der Waals surface area contributed by atoms with Gasteiger partial charge in [0.25, 0.3) is 0 Å². The van der Waals surface area contributed by atoms with Gasteiger partial charge in [-0.15, -0.1) is 0 Å². The van der Waals surface area contributed by atoms with Gasteiger partial charge in [-0.05, 0) is 24.7 Å². The van der Waals surface area contributed by atoms with E-state index in [9.17, 15) is 4.79 Å². The van der Waals surface area contributed by atoms with Gasteiger partial charge in [0.2, 0.25) is 5.91 Å². The Bertz CT molecular complexity index is 433. The molecule has 0 fully saturated rings. The number of carbonyl (C=O) groups is 1. The Morgan fingerprint density at radius 2 is 2.00 bits per heavy atom. The summed E-state index contributed by atoms with van der Waals surface area (Å²) < 4.78 is 10.5. The fourth-order valence-corrected chi connectivity index (χ4v) is 1.87. The molecular formula is C14H22N2O3. The van der Waals surface area contributed by atoms with Gasteiger partial charge in [-0.1, -0.05) is 0 Å². The van der Waals surface area contributed by atoms with E-state index in [1.807, 2.05) is 18.2 Å². The molecule has 5 nitrogen and oxygen atoms in total. The van der Waals surface area contributed by atoms with Crippen molar-refractivity contribution in [3.05, 3.63) is 23.8 Å². The molecule has 0 radical (unpaired) electrons. The van der Waals surface area contributed by atoms with Crippen LogP contribution in [0.15, 0.2) is 18.2 Å². The van der Waals surface area contributed by atoms with E-state index >= 15 is 0 Å². The molecule has 1 aromatic rings. The summed E-state index contributed by atoms with van der Waals surface area (Å²) in [6.45, 7) is 0.378. The van der Waals surface area contributed by atoms with Crippen molar-refractivity contribution in [2.24, 2.45) is 5.73 Å². The molecule has 1 rings (SSSR count). The smallest absolute Gasteiger partial charge is 0.222 e. The Balaban J connectivity index is 3.05. The van der Waals surface area contributed by atoms with Crippen molar-refractivity contribution in [3.63, 3.8) is 0 Å². The minimum absolute atomic E-state index is 0.0420. The Morgan fingerprint density at radius 3 is 2.47 bits per heavy atom. The summed E-state index contributed by atoms with van der Waals surface area (Å²) in [6, 6.07) is 5.53. The predicted octanol–water partition coefficient (Wildman–Crippen LogP) is 1.22. The highest BCUT2D eigenvalue weighted by Gasteiger charge is 2.20. The van der Waals surface area contributed by atoms with Crippen molar-refractivity contribution in [2.45, 2.75) is 12.3 Å². The second kappa shape index (κ2) is 6.99. The molecule has 0 heterocycles. The standard InChI is InChI=1S/C14H22N2O3/c1-16(2)14(17)7-10(9-15)12-8-11(18-3)5-6-13(12)19-4/h5-6,8,10H,7,9,15H2,1-4H3. The molecule has 1 amide bonds. The van der Waals surface area contributed by atoms with E-state index in [-0.39, 0.29) is 11.8 Å². The first-order valence-corrected chi connectivity index (χ1v) is 6.15. The predicted molar refractivity (Wildman–Crippen MR) is 74.7 cm³/mol. The van der Waals surface area contributed by atoms with E-state index in [0.717, 1.165) is 17.1 Å². The molecule has 0 saturated heterocycles. The van der Waals surface area contributed by atoms with Crippen LogP contribution in [0.3, 0.4) is 0 Å². The number of ether oxygens (including phenoxy) is 2. The minimum atomic E-state index is -0.0834. The van der Waals surface area contributed by atoms with Crippen LogP contribution >= 0.6 is 0 Å². The second-order valence-electron chi connectivity index (χ2n) is 4.53. The highest BCUT2D eigenvalue weighted by molar-refractivity contribution is 5.76. The summed E-state index contributed by atoms with van der Waals surface area (Å²) in [7, 11) is 6.68. The van der Waals surface area contributed by atoms with Crippen LogP contribution in [0, 0.1) is 0 Å². The molecular weight excluding hydrogens is 244 g/mol. The second-order valence-corrected chi connectivity index (χ2v) is 4.53. The molecule has 0 aromatic heterocycles. The molecule has 0 bridgehead atoms. The third-order valence-corrected chi connectivity index (χ3v) is 3.08. The van der Waals surface area contributed by atoms with Crippen LogP contribution in [-0.4, -0.2) is 45.7 Å². The topological polar surface area (TPSA) is 64.8 Å². The van der Waals surface area contributed by atoms with Gasteiger partial charge in [0.15, 0.2) is 0 Å². The van der Waals surface area contributed by atoms with Crippen LogP contribution in [0.1, 0.15) is 17.9 Å². The van der Waals surface area contributed by atoms with Crippen molar-refractivity contribution in [1.29, 1.82) is 0 Å². The van der Waals surface area contributed by atoms with Gasteiger partial charge in [0.05, 0.1) is 14.2 Å². The largest absolute Gasteiger partial charge is 0.497 e. The Kier molecular flexibility index (Phi) is 5.63. The summed E-state index contributed by atoms with van der Waals surface area (Å²) in [5.74, 6) is 1.41. The van der Waals surface area contributed by atoms with Crippen molar-refractivity contribution in [3.8, 4) is 11.5 Å². The van der Waals surface area contributed by atoms with Crippen LogP contribution in [0.4, 0.5) is 0 Å². The maximum absolute atomic E-state index is 11.8. The molecule has 0 aliphatic heterocycles. The van der Waals surface area contributed by atoms with Crippen molar-refractivity contribution >= 4 is 5.91 Å². The number of nitrogens with two attached hydrogens (primary N) is 1. The molecule has 0 aliphatic rings. The van der Waals surface area contributed by atoms with E-state index < -0.39 is 0 Å². The van der Waals surface area contributed by atoms with Crippen molar-refractivity contribution in [1.82, 2.24) is 4.90 Å². The molecule has 0 spiro atoms. The van der Waals surface area contributed by atoms with E-state index in [1.54, 1.807) is 33.2 Å². The third-order valence-electron chi connectivity index (χ3n) is 3.08. The molecule has 106 valence electrons. The van der Waals surface area contributed by atoms with E-state index in [4.69, 9.17) is 15.2 Å². The first-order valence-electron chi connectivity index (χ1n) is 6.15. The maximum atomic E-state index is 11.8. The lowest BCUT2D eigenvalue weighted by atomic mass is 9.94. The normalized spacial score (nSPS) is 11.8. The molecule has 1 unspecified atom stereocenters. The summed E-state index contributed by atoms with van der Waals surface area (Å²) >= 11 is 0. The van der Waals surface area contributed by atoms with Gasteiger partial charge in [-0.2, -0.15) is 0 Å². The summed E-state index contributed by atoms with van der Waals surface area (Å²) in [4.78, 5) is 13.4. The van der Waals surface area contributed by atoms with E-state index in [2.05, 4.69) is 0 Å². The molecule has 19 heavy (non-hydrogen) atoms. The SMILES string of the molecule is COc1ccc(OC)c(C(CN)CC(=O)N(C)C)c1. The van der Waals surface area contributed by atoms with Crippen LogP contribution in [0.25, 0.3) is 0 Å². The van der Waals surface area contributed by atoms with Crippen LogP contribution in [-0.2, 0) is 4.79 Å². The fourth-order valence-electron chi connectivity index (χ4n) is 1.87. The zero-order valence-electron chi connectivity index (χ0n) is 12.0. The number of amides is 1. The average Bonchev–Trinajstić information content (AvgIpc) is 2.43. The van der Waals surface area contributed by atoms with Crippen molar-refractivity contribution < 1.29 is 14.3 Å². The van der Waals surface area contributed by atoms with Gasteiger partial charge < -0.3 is 20.1 Å². The minimum Gasteiger partial charge on any atom is -0.497 e. The monoisotopic (exact) mass is 266 g/mol. The maximum Gasteiger partial charge on any atom is 0.222 e. The lowest BCUT2D eigenvalue weighted by Crippen LogP contribution is -2.26. The number of rotatable bonds is 6. The summed E-state index contributed by atoms with van der Waals surface area (Å²) in [6.07, 6.45) is 0.354. The number of hydrogen-bond acceptors (Lipinski definition) is 4. The summed E-state index contributed by atoms with van der Waals surface area (Å²) in [5, 5.41) is 0. The molecule has 0 aliphatic carbocycles. The zero-order valence-corrected chi connectivity index (χ0v) is 12.0. The number of carbonyl (C=O) groups excluding carboxylic acids is 1. The number of methoxy groups -OCH3 is 2. The van der Waals surface area contributed by atoms with Crippen LogP contribution in [0.5, 0.6) is 11.5 Å². The quantitative estimate of drug-likeness (QED) is 0.841. The van der Waals surface area contributed by atoms with E-state index in [1.165, 1.54) is 0 Å². The molecule has 1 atom stereocenters.